The van der Waals surface area contributed by atoms with Crippen LogP contribution in [0.15, 0.2) is 54.6 Å². The van der Waals surface area contributed by atoms with Crippen LogP contribution in [-0.4, -0.2) is 48.7 Å². The van der Waals surface area contributed by atoms with Gasteiger partial charge in [-0.2, -0.15) is 5.26 Å². The van der Waals surface area contributed by atoms with Gasteiger partial charge >= 0.3 is 5.97 Å². The summed E-state index contributed by atoms with van der Waals surface area (Å²) in [6.07, 6.45) is 0. The van der Waals surface area contributed by atoms with E-state index in [2.05, 4.69) is 11.4 Å². The number of ether oxygens (including phenoxy) is 2. The molecule has 8 nitrogen and oxygen atoms in total. The van der Waals surface area contributed by atoms with Crippen LogP contribution < -0.4 is 10.1 Å². The van der Waals surface area contributed by atoms with Crippen molar-refractivity contribution in [2.45, 2.75) is 20.4 Å². The Morgan fingerprint density at radius 1 is 1.03 bits per heavy atom. The van der Waals surface area contributed by atoms with Crippen molar-refractivity contribution in [1.29, 1.82) is 5.26 Å². The van der Waals surface area contributed by atoms with Crippen molar-refractivity contribution in [3.8, 4) is 17.5 Å². The lowest BCUT2D eigenvalue weighted by Crippen LogP contribution is -2.37. The second kappa shape index (κ2) is 11.2. The first kappa shape index (κ1) is 24.6. The van der Waals surface area contributed by atoms with Crippen molar-refractivity contribution in [2.75, 3.05) is 32.6 Å². The Balaban J connectivity index is 1.89. The van der Waals surface area contributed by atoms with Gasteiger partial charge < -0.3 is 14.8 Å². The van der Waals surface area contributed by atoms with Crippen LogP contribution in [0.1, 0.15) is 22.4 Å². The van der Waals surface area contributed by atoms with E-state index < -0.39 is 5.97 Å². The lowest BCUT2D eigenvalue weighted by atomic mass is 10.2. The Bertz CT molecular complexity index is 1190. The van der Waals surface area contributed by atoms with E-state index in [9.17, 15) is 14.9 Å². The van der Waals surface area contributed by atoms with E-state index in [0.29, 0.717) is 23.7 Å². The number of methoxy groups -OCH3 is 2. The van der Waals surface area contributed by atoms with Crippen LogP contribution >= 0.6 is 0 Å². The Morgan fingerprint density at radius 3 is 2.29 bits per heavy atom. The van der Waals surface area contributed by atoms with Crippen LogP contribution in [0, 0.1) is 25.2 Å². The first-order chi connectivity index (χ1) is 16.4. The zero-order chi connectivity index (χ0) is 24.7. The number of hydrogen-bond acceptors (Lipinski definition) is 6. The first-order valence-corrected chi connectivity index (χ1v) is 10.8. The van der Waals surface area contributed by atoms with Gasteiger partial charge in [0.25, 0.3) is 0 Å². The van der Waals surface area contributed by atoms with Gasteiger partial charge in [-0.25, -0.2) is 0 Å². The topological polar surface area (TPSA) is 96.6 Å². The molecule has 0 aliphatic carbocycles. The molecule has 3 rings (SSSR count). The molecule has 0 aliphatic rings. The van der Waals surface area contributed by atoms with Gasteiger partial charge in [-0.05, 0) is 49.2 Å². The molecule has 2 aromatic carbocycles. The van der Waals surface area contributed by atoms with Crippen molar-refractivity contribution >= 4 is 17.7 Å². The van der Waals surface area contributed by atoms with Gasteiger partial charge in [0.05, 0.1) is 32.9 Å². The number of rotatable bonds is 9. The summed E-state index contributed by atoms with van der Waals surface area (Å²) in [6.45, 7) is 4.05. The molecule has 0 radical (unpaired) electrons. The fourth-order valence-electron chi connectivity index (χ4n) is 3.75. The predicted octanol–water partition coefficient (Wildman–Crippen LogP) is 3.59. The van der Waals surface area contributed by atoms with E-state index in [1.54, 1.807) is 12.0 Å². The van der Waals surface area contributed by atoms with E-state index in [4.69, 9.17) is 9.47 Å². The highest BCUT2D eigenvalue weighted by molar-refractivity contribution is 5.94. The van der Waals surface area contributed by atoms with Gasteiger partial charge in [-0.1, -0.05) is 30.3 Å². The number of hydrogen-bond donors (Lipinski definition) is 1. The summed E-state index contributed by atoms with van der Waals surface area (Å²) in [5, 5.41) is 12.7. The normalized spacial score (nSPS) is 10.6. The molecule has 0 saturated carbocycles. The van der Waals surface area contributed by atoms with Gasteiger partial charge in [-0.15, -0.1) is 0 Å². The summed E-state index contributed by atoms with van der Waals surface area (Å²) in [4.78, 5) is 26.7. The summed E-state index contributed by atoms with van der Waals surface area (Å²) in [5.41, 5.74) is 3.76. The van der Waals surface area contributed by atoms with Gasteiger partial charge in [0, 0.05) is 17.9 Å². The molecular weight excluding hydrogens is 432 g/mol. The van der Waals surface area contributed by atoms with Crippen molar-refractivity contribution < 1.29 is 19.1 Å². The van der Waals surface area contributed by atoms with Crippen molar-refractivity contribution in [1.82, 2.24) is 9.47 Å². The summed E-state index contributed by atoms with van der Waals surface area (Å²) >= 11 is 0. The molecule has 0 aliphatic heterocycles. The molecule has 0 unspecified atom stereocenters. The zero-order valence-corrected chi connectivity index (χ0v) is 19.8. The molecule has 1 heterocycles. The summed E-state index contributed by atoms with van der Waals surface area (Å²) in [7, 11) is 2.91. The minimum absolute atomic E-state index is 0.0402. The molecule has 34 heavy (non-hydrogen) atoms. The first-order valence-electron chi connectivity index (χ1n) is 10.8. The van der Waals surface area contributed by atoms with Crippen molar-refractivity contribution in [2.24, 2.45) is 0 Å². The number of nitriles is 1. The number of anilines is 1. The van der Waals surface area contributed by atoms with E-state index in [-0.39, 0.29) is 19.0 Å². The van der Waals surface area contributed by atoms with Crippen LogP contribution in [0.4, 0.5) is 5.82 Å². The van der Waals surface area contributed by atoms with E-state index in [0.717, 1.165) is 22.5 Å². The Labute approximate surface area is 199 Å². The molecule has 1 N–H and O–H groups in total. The molecule has 0 bridgehead atoms. The molecule has 0 spiro atoms. The van der Waals surface area contributed by atoms with E-state index in [1.807, 2.05) is 73.0 Å². The Morgan fingerprint density at radius 2 is 1.71 bits per heavy atom. The summed E-state index contributed by atoms with van der Waals surface area (Å²) < 4.78 is 11.9. The van der Waals surface area contributed by atoms with Gasteiger partial charge in [-0.3, -0.25) is 19.1 Å². The van der Waals surface area contributed by atoms with Gasteiger partial charge in [0.2, 0.25) is 5.91 Å². The maximum absolute atomic E-state index is 13.1. The number of carbonyl (C=O) groups excluding carboxylic acids is 2. The molecule has 0 atom stereocenters. The molecule has 8 heteroatoms. The van der Waals surface area contributed by atoms with E-state index >= 15 is 0 Å². The molecule has 1 aromatic heterocycles. The van der Waals surface area contributed by atoms with Crippen molar-refractivity contribution in [3.05, 3.63) is 77.0 Å². The fraction of sp³-hybridized carbons (Fsp3) is 0.269. The molecule has 1 amide bonds. The van der Waals surface area contributed by atoms with Crippen LogP contribution in [0.5, 0.6) is 5.75 Å². The standard InChI is InChI=1S/C26H28N4O4/c1-18-19(2)30(21-10-12-22(33-3)13-11-21)26(23(18)14-27)28-24(31)16-29(17-25(32)34-4)15-20-8-6-5-7-9-20/h5-13H,15-17H2,1-4H3,(H,28,31). The maximum Gasteiger partial charge on any atom is 0.319 e. The third kappa shape index (κ3) is 5.63. The average molecular weight is 461 g/mol. The third-order valence-corrected chi connectivity index (χ3v) is 5.61. The smallest absolute Gasteiger partial charge is 0.319 e. The van der Waals surface area contributed by atoms with Gasteiger partial charge in [0.15, 0.2) is 0 Å². The molecule has 0 fully saturated rings. The number of benzene rings is 2. The van der Waals surface area contributed by atoms with E-state index in [1.165, 1.54) is 7.11 Å². The Kier molecular flexibility index (Phi) is 8.06. The highest BCUT2D eigenvalue weighted by Gasteiger charge is 2.22. The third-order valence-electron chi connectivity index (χ3n) is 5.61. The molecular formula is C26H28N4O4. The summed E-state index contributed by atoms with van der Waals surface area (Å²) in [6, 6.07) is 19.1. The lowest BCUT2D eigenvalue weighted by molar-refractivity contribution is -0.142. The number of aromatic nitrogens is 1. The van der Waals surface area contributed by atoms with Gasteiger partial charge in [0.1, 0.15) is 17.6 Å². The molecule has 0 saturated heterocycles. The fourth-order valence-corrected chi connectivity index (χ4v) is 3.75. The minimum atomic E-state index is -0.435. The SMILES string of the molecule is COC(=O)CN(CC(=O)Nc1c(C#N)c(C)c(C)n1-c1ccc(OC)cc1)Cc1ccccc1. The number of amides is 1. The lowest BCUT2D eigenvalue weighted by Gasteiger charge is -2.21. The number of carbonyl (C=O) groups is 2. The summed E-state index contributed by atoms with van der Waals surface area (Å²) in [5.74, 6) is 0.319. The minimum Gasteiger partial charge on any atom is -0.497 e. The Hall–Kier alpha value is -4.09. The van der Waals surface area contributed by atoms with Crippen LogP contribution in [0.25, 0.3) is 5.69 Å². The second-order valence-electron chi connectivity index (χ2n) is 7.83. The maximum atomic E-state index is 13.1. The largest absolute Gasteiger partial charge is 0.497 e. The van der Waals surface area contributed by atoms with Crippen LogP contribution in [0.3, 0.4) is 0 Å². The highest BCUT2D eigenvalue weighted by Crippen LogP contribution is 2.30. The predicted molar refractivity (Wildman–Crippen MR) is 129 cm³/mol. The average Bonchev–Trinajstić information content (AvgIpc) is 3.08. The number of nitrogens with one attached hydrogen (secondary N) is 1. The monoisotopic (exact) mass is 460 g/mol. The molecule has 176 valence electrons. The van der Waals surface area contributed by atoms with Crippen molar-refractivity contribution in [3.63, 3.8) is 0 Å². The highest BCUT2D eigenvalue weighted by atomic mass is 16.5. The molecule has 3 aromatic rings. The quantitative estimate of drug-likeness (QED) is 0.490. The van der Waals surface area contributed by atoms with Crippen LogP contribution in [0.2, 0.25) is 0 Å². The zero-order valence-electron chi connectivity index (χ0n) is 19.8. The van der Waals surface area contributed by atoms with Crippen LogP contribution in [-0.2, 0) is 20.9 Å². The number of nitrogens with zero attached hydrogens (tertiary/aromatic N) is 3. The number of esters is 1. The second-order valence-corrected chi connectivity index (χ2v) is 7.83.